The molecule has 6 heteroatoms. The van der Waals surface area contributed by atoms with Crippen molar-refractivity contribution in [1.82, 2.24) is 10.2 Å². The standard InChI is InChI=1S/C12H20N4OS/c1-2-6-9-15-16-11(18-9)14-10(17)12(13)7-4-3-5-8-12/h2-8,13H2,1H3,(H,14,16,17). The van der Waals surface area contributed by atoms with Crippen molar-refractivity contribution in [1.29, 1.82) is 0 Å². The molecule has 1 aromatic heterocycles. The van der Waals surface area contributed by atoms with Crippen LogP contribution in [0.15, 0.2) is 0 Å². The number of nitrogens with one attached hydrogen (secondary N) is 1. The van der Waals surface area contributed by atoms with Crippen LogP contribution < -0.4 is 11.1 Å². The number of carbonyl (C=O) groups is 1. The fraction of sp³-hybridized carbons (Fsp3) is 0.750. The number of amides is 1. The van der Waals surface area contributed by atoms with Crippen LogP contribution in [-0.2, 0) is 11.2 Å². The molecular formula is C12H20N4OS. The molecule has 1 heterocycles. The minimum absolute atomic E-state index is 0.110. The molecule has 1 saturated carbocycles. The molecule has 2 rings (SSSR count). The second kappa shape index (κ2) is 5.75. The molecule has 18 heavy (non-hydrogen) atoms. The molecule has 0 radical (unpaired) electrons. The Morgan fingerprint density at radius 3 is 2.78 bits per heavy atom. The van der Waals surface area contributed by atoms with Gasteiger partial charge in [0, 0.05) is 6.42 Å². The van der Waals surface area contributed by atoms with E-state index < -0.39 is 5.54 Å². The van der Waals surface area contributed by atoms with Gasteiger partial charge in [0.1, 0.15) is 5.01 Å². The number of aryl methyl sites for hydroxylation is 1. The van der Waals surface area contributed by atoms with Crippen LogP contribution in [0.4, 0.5) is 5.13 Å². The highest BCUT2D eigenvalue weighted by atomic mass is 32.1. The van der Waals surface area contributed by atoms with Gasteiger partial charge < -0.3 is 5.73 Å². The lowest BCUT2D eigenvalue weighted by Crippen LogP contribution is -2.52. The fourth-order valence-electron chi connectivity index (χ4n) is 2.25. The van der Waals surface area contributed by atoms with Crippen molar-refractivity contribution in [3.05, 3.63) is 5.01 Å². The van der Waals surface area contributed by atoms with Crippen LogP contribution in [-0.4, -0.2) is 21.6 Å². The topological polar surface area (TPSA) is 80.9 Å². The molecule has 0 atom stereocenters. The van der Waals surface area contributed by atoms with E-state index in [2.05, 4.69) is 22.4 Å². The van der Waals surface area contributed by atoms with Crippen molar-refractivity contribution in [3.8, 4) is 0 Å². The molecule has 1 aromatic rings. The zero-order valence-electron chi connectivity index (χ0n) is 10.7. The zero-order chi connectivity index (χ0) is 13.0. The molecule has 1 fully saturated rings. The number of rotatable bonds is 4. The van der Waals surface area contributed by atoms with Gasteiger partial charge in [0.25, 0.3) is 0 Å². The Kier molecular flexibility index (Phi) is 4.29. The number of aromatic nitrogens is 2. The molecule has 0 unspecified atom stereocenters. The number of hydrogen-bond donors (Lipinski definition) is 2. The molecule has 0 aliphatic heterocycles. The zero-order valence-corrected chi connectivity index (χ0v) is 11.6. The maximum absolute atomic E-state index is 12.2. The third kappa shape index (κ3) is 3.05. The van der Waals surface area contributed by atoms with Gasteiger partial charge in [0.15, 0.2) is 0 Å². The first kappa shape index (κ1) is 13.4. The number of hydrogen-bond acceptors (Lipinski definition) is 5. The summed E-state index contributed by atoms with van der Waals surface area (Å²) in [6.07, 6.45) is 6.69. The van der Waals surface area contributed by atoms with Crippen LogP contribution in [0.5, 0.6) is 0 Å². The number of nitrogens with two attached hydrogens (primary N) is 1. The third-order valence-corrected chi connectivity index (χ3v) is 4.25. The normalized spacial score (nSPS) is 18.6. The molecule has 0 bridgehead atoms. The summed E-state index contributed by atoms with van der Waals surface area (Å²) in [7, 11) is 0. The maximum atomic E-state index is 12.2. The monoisotopic (exact) mass is 268 g/mol. The lowest BCUT2D eigenvalue weighted by Gasteiger charge is -2.31. The quantitative estimate of drug-likeness (QED) is 0.876. The number of anilines is 1. The molecule has 0 aromatic carbocycles. The van der Waals surface area contributed by atoms with E-state index in [1.165, 1.54) is 17.8 Å². The van der Waals surface area contributed by atoms with Gasteiger partial charge in [-0.3, -0.25) is 10.1 Å². The first-order chi connectivity index (χ1) is 8.64. The van der Waals surface area contributed by atoms with E-state index in [-0.39, 0.29) is 5.91 Å². The van der Waals surface area contributed by atoms with Gasteiger partial charge in [-0.05, 0) is 19.3 Å². The second-order valence-corrected chi connectivity index (χ2v) is 5.98. The average molecular weight is 268 g/mol. The van der Waals surface area contributed by atoms with Gasteiger partial charge in [-0.1, -0.05) is 37.5 Å². The van der Waals surface area contributed by atoms with Crippen molar-refractivity contribution in [2.45, 2.75) is 57.4 Å². The van der Waals surface area contributed by atoms with Gasteiger partial charge in [0.2, 0.25) is 11.0 Å². The van der Waals surface area contributed by atoms with E-state index in [4.69, 9.17) is 5.73 Å². The smallest absolute Gasteiger partial charge is 0.246 e. The minimum Gasteiger partial charge on any atom is -0.317 e. The van der Waals surface area contributed by atoms with Gasteiger partial charge in [-0.25, -0.2) is 0 Å². The van der Waals surface area contributed by atoms with E-state index in [9.17, 15) is 4.79 Å². The van der Waals surface area contributed by atoms with Crippen LogP contribution in [0.25, 0.3) is 0 Å². The summed E-state index contributed by atoms with van der Waals surface area (Å²) in [5.74, 6) is -0.110. The van der Waals surface area contributed by atoms with Gasteiger partial charge in [-0.15, -0.1) is 10.2 Å². The Morgan fingerprint density at radius 2 is 2.11 bits per heavy atom. The molecule has 100 valence electrons. The highest BCUT2D eigenvalue weighted by Gasteiger charge is 2.35. The lowest BCUT2D eigenvalue weighted by molar-refractivity contribution is -0.122. The Morgan fingerprint density at radius 1 is 1.39 bits per heavy atom. The van der Waals surface area contributed by atoms with Crippen molar-refractivity contribution < 1.29 is 4.79 Å². The highest BCUT2D eigenvalue weighted by molar-refractivity contribution is 7.15. The van der Waals surface area contributed by atoms with Gasteiger partial charge >= 0.3 is 0 Å². The van der Waals surface area contributed by atoms with Crippen LogP contribution in [0, 0.1) is 0 Å². The Balaban J connectivity index is 1.97. The Hall–Kier alpha value is -1.01. The molecule has 0 saturated heterocycles. The van der Waals surface area contributed by atoms with Crippen molar-refractivity contribution >= 4 is 22.4 Å². The number of carbonyl (C=O) groups excluding carboxylic acids is 1. The SMILES string of the molecule is CCCc1nnc(NC(=O)C2(N)CCCCC2)s1. The third-order valence-electron chi connectivity index (χ3n) is 3.35. The van der Waals surface area contributed by atoms with E-state index >= 15 is 0 Å². The largest absolute Gasteiger partial charge is 0.317 e. The highest BCUT2D eigenvalue weighted by Crippen LogP contribution is 2.27. The summed E-state index contributed by atoms with van der Waals surface area (Å²) < 4.78 is 0. The summed E-state index contributed by atoms with van der Waals surface area (Å²) in [5.41, 5.74) is 5.45. The molecular weight excluding hydrogens is 248 g/mol. The Labute approximate surface area is 111 Å². The second-order valence-electron chi connectivity index (χ2n) is 4.92. The van der Waals surface area contributed by atoms with E-state index in [0.29, 0.717) is 5.13 Å². The average Bonchev–Trinajstić information content (AvgIpc) is 2.78. The van der Waals surface area contributed by atoms with Crippen LogP contribution in [0.3, 0.4) is 0 Å². The van der Waals surface area contributed by atoms with E-state index in [0.717, 1.165) is 43.5 Å². The molecule has 1 amide bonds. The maximum Gasteiger partial charge on any atom is 0.246 e. The molecule has 5 nitrogen and oxygen atoms in total. The Bertz CT molecular complexity index is 412. The summed E-state index contributed by atoms with van der Waals surface area (Å²) in [4.78, 5) is 12.2. The first-order valence-electron chi connectivity index (χ1n) is 6.57. The predicted molar refractivity (Wildman–Crippen MR) is 72.5 cm³/mol. The van der Waals surface area contributed by atoms with Crippen LogP contribution >= 0.6 is 11.3 Å². The van der Waals surface area contributed by atoms with Crippen molar-refractivity contribution in [3.63, 3.8) is 0 Å². The van der Waals surface area contributed by atoms with Crippen molar-refractivity contribution in [2.24, 2.45) is 5.73 Å². The first-order valence-corrected chi connectivity index (χ1v) is 7.38. The number of nitrogens with zero attached hydrogens (tertiary/aromatic N) is 2. The summed E-state index contributed by atoms with van der Waals surface area (Å²) in [5, 5.41) is 12.4. The molecule has 3 N–H and O–H groups in total. The summed E-state index contributed by atoms with van der Waals surface area (Å²) in [6, 6.07) is 0. The van der Waals surface area contributed by atoms with E-state index in [1.807, 2.05) is 0 Å². The van der Waals surface area contributed by atoms with Crippen molar-refractivity contribution in [2.75, 3.05) is 5.32 Å². The van der Waals surface area contributed by atoms with E-state index in [1.54, 1.807) is 0 Å². The predicted octanol–water partition coefficient (Wildman–Crippen LogP) is 2.09. The fourth-order valence-corrected chi connectivity index (χ4v) is 3.09. The van der Waals surface area contributed by atoms with Gasteiger partial charge in [-0.2, -0.15) is 0 Å². The minimum atomic E-state index is -0.713. The summed E-state index contributed by atoms with van der Waals surface area (Å²) >= 11 is 1.44. The van der Waals surface area contributed by atoms with Crippen LogP contribution in [0.1, 0.15) is 50.5 Å². The lowest BCUT2D eigenvalue weighted by atomic mass is 9.82. The molecule has 1 aliphatic carbocycles. The summed E-state index contributed by atoms with van der Waals surface area (Å²) in [6.45, 7) is 2.09. The van der Waals surface area contributed by atoms with Crippen LogP contribution in [0.2, 0.25) is 0 Å². The molecule has 0 spiro atoms. The van der Waals surface area contributed by atoms with Gasteiger partial charge in [0.05, 0.1) is 5.54 Å². The molecule has 1 aliphatic rings.